The van der Waals surface area contributed by atoms with Crippen LogP contribution in [0.15, 0.2) is 21.7 Å². The standard InChI is InChI=1S/C17H21N5O6.BrH/c1-3-10-9-18-6-5-13(10)20-16(23)12-7-11(21(25)26)8-14(22(27)28)15(12)19(4-2)17(20)24;/h7-8,10,13,18H,3-6,9H2,1-2H3;1H. The number of nitro groups is 2. The van der Waals surface area contributed by atoms with Crippen LogP contribution in [0.25, 0.3) is 10.9 Å². The maximum Gasteiger partial charge on any atom is 0.331 e. The maximum atomic E-state index is 13.2. The number of hydrogen-bond donors (Lipinski definition) is 1. The third kappa shape index (κ3) is 3.81. The fourth-order valence-electron chi connectivity index (χ4n) is 3.99. The smallest absolute Gasteiger partial charge is 0.316 e. The van der Waals surface area contributed by atoms with Crippen LogP contribution in [-0.4, -0.2) is 32.1 Å². The minimum absolute atomic E-state index is 0. The molecule has 12 heteroatoms. The predicted molar refractivity (Wildman–Crippen MR) is 112 cm³/mol. The summed E-state index contributed by atoms with van der Waals surface area (Å²) in [7, 11) is 0. The van der Waals surface area contributed by atoms with E-state index >= 15 is 0 Å². The molecule has 0 spiro atoms. The second-order valence-electron chi connectivity index (χ2n) is 6.81. The molecule has 1 saturated heterocycles. The number of nitro benzene ring substituents is 2. The van der Waals surface area contributed by atoms with Crippen LogP contribution in [0.5, 0.6) is 0 Å². The first-order valence-corrected chi connectivity index (χ1v) is 9.14. The molecule has 1 N–H and O–H groups in total. The Morgan fingerprint density at radius 2 is 1.86 bits per heavy atom. The Morgan fingerprint density at radius 3 is 2.41 bits per heavy atom. The van der Waals surface area contributed by atoms with Crippen LogP contribution < -0.4 is 16.6 Å². The van der Waals surface area contributed by atoms with Gasteiger partial charge in [0.2, 0.25) is 0 Å². The Kier molecular flexibility index (Phi) is 6.90. The molecule has 1 aromatic heterocycles. The van der Waals surface area contributed by atoms with Gasteiger partial charge in [0.05, 0.1) is 21.3 Å². The molecule has 2 aromatic rings. The number of benzene rings is 1. The van der Waals surface area contributed by atoms with Crippen molar-refractivity contribution in [2.45, 2.75) is 39.3 Å². The van der Waals surface area contributed by atoms with Gasteiger partial charge in [-0.15, -0.1) is 17.0 Å². The van der Waals surface area contributed by atoms with Gasteiger partial charge in [-0.05, 0) is 32.4 Å². The molecule has 2 unspecified atom stereocenters. The minimum Gasteiger partial charge on any atom is -0.316 e. The first-order chi connectivity index (χ1) is 13.3. The molecule has 0 aliphatic carbocycles. The van der Waals surface area contributed by atoms with E-state index in [9.17, 15) is 29.8 Å². The first-order valence-electron chi connectivity index (χ1n) is 9.14. The molecule has 1 aromatic carbocycles. The van der Waals surface area contributed by atoms with Gasteiger partial charge >= 0.3 is 11.4 Å². The van der Waals surface area contributed by atoms with Crippen molar-refractivity contribution < 1.29 is 9.85 Å². The van der Waals surface area contributed by atoms with E-state index in [1.165, 1.54) is 0 Å². The molecule has 1 fully saturated rings. The largest absolute Gasteiger partial charge is 0.331 e. The zero-order chi connectivity index (χ0) is 20.6. The maximum absolute atomic E-state index is 13.2. The summed E-state index contributed by atoms with van der Waals surface area (Å²) in [5.41, 5.74) is -2.69. The second kappa shape index (κ2) is 8.82. The van der Waals surface area contributed by atoms with Crippen molar-refractivity contribution >= 4 is 39.3 Å². The quantitative estimate of drug-likeness (QED) is 0.519. The normalized spacial score (nSPS) is 19.0. The molecular weight excluding hydrogens is 450 g/mol. The molecule has 2 atom stereocenters. The van der Waals surface area contributed by atoms with Crippen LogP contribution >= 0.6 is 17.0 Å². The Labute approximate surface area is 175 Å². The van der Waals surface area contributed by atoms with Gasteiger partial charge in [-0.2, -0.15) is 0 Å². The predicted octanol–water partition coefficient (Wildman–Crippen LogP) is 2.14. The second-order valence-corrected chi connectivity index (χ2v) is 6.81. The lowest BCUT2D eigenvalue weighted by Gasteiger charge is -2.32. The highest BCUT2D eigenvalue weighted by molar-refractivity contribution is 8.93. The van der Waals surface area contributed by atoms with Crippen molar-refractivity contribution in [3.8, 4) is 0 Å². The molecule has 0 saturated carbocycles. The minimum atomic E-state index is -0.801. The molecule has 29 heavy (non-hydrogen) atoms. The van der Waals surface area contributed by atoms with Crippen molar-refractivity contribution in [3.05, 3.63) is 53.2 Å². The fourth-order valence-corrected chi connectivity index (χ4v) is 3.99. The van der Waals surface area contributed by atoms with E-state index in [0.29, 0.717) is 19.5 Å². The molecule has 158 valence electrons. The number of nitrogens with zero attached hydrogens (tertiary/aromatic N) is 4. The van der Waals surface area contributed by atoms with Crippen molar-refractivity contribution in [2.75, 3.05) is 13.1 Å². The number of nitrogens with one attached hydrogen (secondary N) is 1. The van der Waals surface area contributed by atoms with Gasteiger partial charge in [0.1, 0.15) is 5.52 Å². The third-order valence-corrected chi connectivity index (χ3v) is 5.38. The fraction of sp³-hybridized carbons (Fsp3) is 0.529. The Hall–Kier alpha value is -2.60. The van der Waals surface area contributed by atoms with E-state index < -0.39 is 32.5 Å². The molecule has 1 aliphatic heterocycles. The van der Waals surface area contributed by atoms with Crippen LogP contribution in [0, 0.1) is 26.1 Å². The highest BCUT2D eigenvalue weighted by Crippen LogP contribution is 2.30. The summed E-state index contributed by atoms with van der Waals surface area (Å²) in [4.78, 5) is 47.5. The lowest BCUT2D eigenvalue weighted by Crippen LogP contribution is -2.48. The summed E-state index contributed by atoms with van der Waals surface area (Å²) in [6, 6.07) is 1.44. The number of hydrogen-bond acceptors (Lipinski definition) is 7. The van der Waals surface area contributed by atoms with Crippen molar-refractivity contribution in [1.82, 2.24) is 14.5 Å². The van der Waals surface area contributed by atoms with Crippen molar-refractivity contribution in [1.29, 1.82) is 0 Å². The average molecular weight is 472 g/mol. The van der Waals surface area contributed by atoms with Gasteiger partial charge in [0, 0.05) is 18.7 Å². The van der Waals surface area contributed by atoms with Crippen LogP contribution in [0.4, 0.5) is 11.4 Å². The molecule has 11 nitrogen and oxygen atoms in total. The van der Waals surface area contributed by atoms with E-state index in [0.717, 1.165) is 27.7 Å². The van der Waals surface area contributed by atoms with Gasteiger partial charge < -0.3 is 5.32 Å². The van der Waals surface area contributed by atoms with Gasteiger partial charge in [0.25, 0.3) is 11.2 Å². The van der Waals surface area contributed by atoms with Gasteiger partial charge in [-0.3, -0.25) is 34.2 Å². The Morgan fingerprint density at radius 1 is 1.17 bits per heavy atom. The zero-order valence-corrected chi connectivity index (χ0v) is 17.7. The Bertz CT molecular complexity index is 1080. The van der Waals surface area contributed by atoms with Crippen molar-refractivity contribution in [2.24, 2.45) is 5.92 Å². The summed E-state index contributed by atoms with van der Waals surface area (Å²) in [6.45, 7) is 4.97. The van der Waals surface area contributed by atoms with E-state index in [1.807, 2.05) is 6.92 Å². The lowest BCUT2D eigenvalue weighted by atomic mass is 9.91. The average Bonchev–Trinajstić information content (AvgIpc) is 2.68. The molecule has 0 radical (unpaired) electrons. The molecular formula is C17H22BrN5O6. The number of halogens is 1. The number of rotatable bonds is 5. The van der Waals surface area contributed by atoms with Gasteiger partial charge in [-0.1, -0.05) is 13.3 Å². The van der Waals surface area contributed by atoms with Crippen LogP contribution in [0.1, 0.15) is 32.7 Å². The van der Waals surface area contributed by atoms with E-state index in [-0.39, 0.29) is 46.4 Å². The topological polar surface area (TPSA) is 142 Å². The van der Waals surface area contributed by atoms with E-state index in [2.05, 4.69) is 5.32 Å². The SMILES string of the molecule is Br.CCC1CNCCC1n1c(=O)c2cc([N+](=O)[O-])cc([N+](=O)[O-])c2n(CC)c1=O. The van der Waals surface area contributed by atoms with Gasteiger partial charge in [-0.25, -0.2) is 4.79 Å². The third-order valence-electron chi connectivity index (χ3n) is 5.38. The molecule has 2 heterocycles. The lowest BCUT2D eigenvalue weighted by molar-refractivity contribution is -0.393. The van der Waals surface area contributed by atoms with Crippen LogP contribution in [0.2, 0.25) is 0 Å². The number of aryl methyl sites for hydroxylation is 1. The number of fused-ring (bicyclic) bond motifs is 1. The Balaban J connectivity index is 0.00000300. The number of aromatic nitrogens is 2. The van der Waals surface area contributed by atoms with E-state index in [1.54, 1.807) is 6.92 Å². The van der Waals surface area contributed by atoms with E-state index in [4.69, 9.17) is 0 Å². The summed E-state index contributed by atoms with van der Waals surface area (Å²) in [5.74, 6) is 0.0376. The van der Waals surface area contributed by atoms with Crippen LogP contribution in [-0.2, 0) is 6.54 Å². The van der Waals surface area contributed by atoms with Crippen LogP contribution in [0.3, 0.4) is 0 Å². The summed E-state index contributed by atoms with van der Waals surface area (Å²) >= 11 is 0. The highest BCUT2D eigenvalue weighted by atomic mass is 79.9. The summed E-state index contributed by atoms with van der Waals surface area (Å²) in [6.07, 6.45) is 1.29. The molecule has 0 bridgehead atoms. The molecule has 0 amide bonds. The first kappa shape index (κ1) is 22.7. The number of non-ortho nitro benzene ring substituents is 2. The highest BCUT2D eigenvalue weighted by Gasteiger charge is 2.31. The molecule has 3 rings (SSSR count). The van der Waals surface area contributed by atoms with Crippen molar-refractivity contribution in [3.63, 3.8) is 0 Å². The molecule has 1 aliphatic rings. The van der Waals surface area contributed by atoms with Gasteiger partial charge in [0.15, 0.2) is 0 Å². The monoisotopic (exact) mass is 471 g/mol. The summed E-state index contributed by atoms with van der Waals surface area (Å²) < 4.78 is 2.29. The summed E-state index contributed by atoms with van der Waals surface area (Å²) in [5, 5.41) is 25.8. The zero-order valence-electron chi connectivity index (χ0n) is 16.0. The number of piperidine rings is 1.